The van der Waals surface area contributed by atoms with E-state index in [0.29, 0.717) is 44.9 Å². The van der Waals surface area contributed by atoms with Gasteiger partial charge in [0.25, 0.3) is 5.56 Å². The predicted octanol–water partition coefficient (Wildman–Crippen LogP) is 5.13. The van der Waals surface area contributed by atoms with Gasteiger partial charge in [0.2, 0.25) is 0 Å². The van der Waals surface area contributed by atoms with Crippen LogP contribution < -0.4 is 20.9 Å². The van der Waals surface area contributed by atoms with E-state index in [1.165, 1.54) is 11.8 Å². The Bertz CT molecular complexity index is 1590. The number of amides is 2. The Labute approximate surface area is 216 Å². The number of carbonyl (C=O) groups excluding carboxylic acids is 1. The van der Waals surface area contributed by atoms with Crippen molar-refractivity contribution >= 4 is 29.2 Å². The first kappa shape index (κ1) is 25.0. The monoisotopic (exact) mass is 508 g/mol. The van der Waals surface area contributed by atoms with Crippen LogP contribution in [0.1, 0.15) is 16.7 Å². The van der Waals surface area contributed by atoms with Gasteiger partial charge in [0.15, 0.2) is 5.16 Å². The van der Waals surface area contributed by atoms with Gasteiger partial charge in [0.1, 0.15) is 17.4 Å². The second kappa shape index (κ2) is 11.6. The van der Waals surface area contributed by atoms with Crippen molar-refractivity contribution in [2.24, 2.45) is 0 Å². The van der Waals surface area contributed by atoms with E-state index in [0.717, 1.165) is 5.56 Å². The summed E-state index contributed by atoms with van der Waals surface area (Å²) in [6, 6.07) is 24.4. The summed E-state index contributed by atoms with van der Waals surface area (Å²) in [5, 5.41) is 24.3. The number of nitrogens with one attached hydrogen (secondary N) is 3. The molecule has 0 aliphatic carbocycles. The Kier molecular flexibility index (Phi) is 7.84. The molecular formula is C27H20N6O3S. The molecule has 3 aromatic carbocycles. The number of thioether (sulfide) groups is 1. The molecule has 0 unspecified atom stereocenters. The number of methoxy groups -OCH3 is 1. The van der Waals surface area contributed by atoms with Crippen LogP contribution in [-0.4, -0.2) is 23.1 Å². The lowest BCUT2D eigenvalue weighted by atomic mass is 10.1. The van der Waals surface area contributed by atoms with Crippen molar-refractivity contribution in [3.8, 4) is 29.1 Å². The van der Waals surface area contributed by atoms with E-state index >= 15 is 0 Å². The van der Waals surface area contributed by atoms with Crippen LogP contribution in [0.5, 0.6) is 5.75 Å². The van der Waals surface area contributed by atoms with E-state index in [1.54, 1.807) is 67.8 Å². The van der Waals surface area contributed by atoms with Gasteiger partial charge in [-0.1, -0.05) is 42.1 Å². The van der Waals surface area contributed by atoms with Gasteiger partial charge in [0.05, 0.1) is 24.4 Å². The van der Waals surface area contributed by atoms with Crippen molar-refractivity contribution in [2.45, 2.75) is 10.9 Å². The second-order valence-corrected chi connectivity index (χ2v) is 8.66. The molecule has 1 aromatic heterocycles. The highest BCUT2D eigenvalue weighted by molar-refractivity contribution is 7.98. The fraction of sp³-hybridized carbons (Fsp3) is 0.0741. The molecule has 0 bridgehead atoms. The molecule has 1 heterocycles. The fourth-order valence-corrected chi connectivity index (χ4v) is 4.22. The zero-order valence-electron chi connectivity index (χ0n) is 19.6. The average molecular weight is 509 g/mol. The van der Waals surface area contributed by atoms with Crippen LogP contribution in [0.3, 0.4) is 0 Å². The number of carbonyl (C=O) groups is 1. The first-order valence-electron chi connectivity index (χ1n) is 11.0. The van der Waals surface area contributed by atoms with E-state index < -0.39 is 11.6 Å². The third-order valence-electron chi connectivity index (χ3n) is 5.19. The minimum Gasteiger partial charge on any atom is -0.497 e. The van der Waals surface area contributed by atoms with Crippen LogP contribution >= 0.6 is 11.8 Å². The summed E-state index contributed by atoms with van der Waals surface area (Å²) in [6.07, 6.45) is 0. The number of aromatic amines is 1. The van der Waals surface area contributed by atoms with Gasteiger partial charge in [-0.15, -0.1) is 0 Å². The Morgan fingerprint density at radius 3 is 2.49 bits per heavy atom. The Balaban J connectivity index is 1.42. The Morgan fingerprint density at radius 1 is 1.00 bits per heavy atom. The number of nitrogens with zero attached hydrogens (tertiary/aromatic N) is 3. The van der Waals surface area contributed by atoms with E-state index in [2.05, 4.69) is 20.6 Å². The Morgan fingerprint density at radius 2 is 1.76 bits per heavy atom. The van der Waals surface area contributed by atoms with Crippen LogP contribution in [0.25, 0.3) is 11.3 Å². The molecule has 0 saturated carbocycles. The summed E-state index contributed by atoms with van der Waals surface area (Å²) in [4.78, 5) is 32.0. The van der Waals surface area contributed by atoms with Gasteiger partial charge in [-0.25, -0.2) is 9.78 Å². The highest BCUT2D eigenvalue weighted by Gasteiger charge is 2.14. The molecule has 0 spiro atoms. The molecule has 0 saturated heterocycles. The van der Waals surface area contributed by atoms with Crippen LogP contribution in [-0.2, 0) is 5.75 Å². The standard InChI is InChI=1S/C27H20N6O3S/c1-36-22-7-3-5-19(13-22)24-23(15-29)25(34)33-27(32-24)37-16-17-8-10-20(11-9-17)30-26(35)31-21-6-2-4-18(12-21)14-28/h2-13H,16H2,1H3,(H2,30,31,35)(H,32,33,34). The number of urea groups is 1. The maximum Gasteiger partial charge on any atom is 0.323 e. The van der Waals surface area contributed by atoms with Crippen molar-refractivity contribution in [3.63, 3.8) is 0 Å². The molecule has 3 N–H and O–H groups in total. The highest BCUT2D eigenvalue weighted by Crippen LogP contribution is 2.27. The van der Waals surface area contributed by atoms with Crippen molar-refractivity contribution in [2.75, 3.05) is 17.7 Å². The summed E-state index contributed by atoms with van der Waals surface area (Å²) in [5.74, 6) is 1.09. The maximum absolute atomic E-state index is 12.5. The molecule has 10 heteroatoms. The molecule has 0 atom stereocenters. The minimum atomic E-state index is -0.510. The maximum atomic E-state index is 12.5. The number of hydrogen-bond donors (Lipinski definition) is 3. The third-order valence-corrected chi connectivity index (χ3v) is 6.13. The van der Waals surface area contributed by atoms with Crippen molar-refractivity contribution < 1.29 is 9.53 Å². The predicted molar refractivity (Wildman–Crippen MR) is 141 cm³/mol. The molecule has 4 rings (SSSR count). The van der Waals surface area contributed by atoms with Gasteiger partial charge >= 0.3 is 6.03 Å². The summed E-state index contributed by atoms with van der Waals surface area (Å²) < 4.78 is 5.24. The third kappa shape index (κ3) is 6.34. The van der Waals surface area contributed by atoms with E-state index in [9.17, 15) is 14.9 Å². The average Bonchev–Trinajstić information content (AvgIpc) is 2.92. The van der Waals surface area contributed by atoms with Crippen LogP contribution in [0.2, 0.25) is 0 Å². The molecule has 0 aliphatic heterocycles. The second-order valence-electron chi connectivity index (χ2n) is 7.70. The van der Waals surface area contributed by atoms with Crippen LogP contribution in [0, 0.1) is 22.7 Å². The lowest BCUT2D eigenvalue weighted by Crippen LogP contribution is -2.19. The summed E-state index contributed by atoms with van der Waals surface area (Å²) in [5.41, 5.74) is 2.82. The number of benzene rings is 3. The number of anilines is 2. The highest BCUT2D eigenvalue weighted by atomic mass is 32.2. The van der Waals surface area contributed by atoms with Gasteiger partial charge in [0, 0.05) is 22.7 Å². The zero-order chi connectivity index (χ0) is 26.2. The number of H-pyrrole nitrogens is 1. The topological polar surface area (TPSA) is 144 Å². The number of rotatable bonds is 7. The molecule has 4 aromatic rings. The summed E-state index contributed by atoms with van der Waals surface area (Å²) >= 11 is 1.32. The molecule has 0 aliphatic rings. The van der Waals surface area contributed by atoms with Gasteiger partial charge in [-0.05, 0) is 48.0 Å². The molecule has 2 amide bonds. The number of ether oxygens (including phenoxy) is 1. The fourth-order valence-electron chi connectivity index (χ4n) is 3.40. The normalized spacial score (nSPS) is 10.1. The summed E-state index contributed by atoms with van der Waals surface area (Å²) in [7, 11) is 1.54. The smallest absolute Gasteiger partial charge is 0.323 e. The zero-order valence-corrected chi connectivity index (χ0v) is 20.4. The minimum absolute atomic E-state index is 0.0642. The van der Waals surface area contributed by atoms with Crippen molar-refractivity contribution in [1.82, 2.24) is 9.97 Å². The molecule has 37 heavy (non-hydrogen) atoms. The van der Waals surface area contributed by atoms with Crippen LogP contribution in [0.15, 0.2) is 82.7 Å². The first-order chi connectivity index (χ1) is 18.0. The Hall–Kier alpha value is -5.06. The largest absolute Gasteiger partial charge is 0.497 e. The van der Waals surface area contributed by atoms with Crippen LogP contribution in [0.4, 0.5) is 16.2 Å². The van der Waals surface area contributed by atoms with Crippen molar-refractivity contribution in [3.05, 3.63) is 99.8 Å². The van der Waals surface area contributed by atoms with Crippen molar-refractivity contribution in [1.29, 1.82) is 10.5 Å². The van der Waals surface area contributed by atoms with Gasteiger partial charge in [-0.2, -0.15) is 10.5 Å². The molecule has 9 nitrogen and oxygen atoms in total. The SMILES string of the molecule is COc1cccc(-c2nc(SCc3ccc(NC(=O)Nc4cccc(C#N)c4)cc3)[nH]c(=O)c2C#N)c1. The number of hydrogen-bond acceptors (Lipinski definition) is 7. The number of nitriles is 2. The first-order valence-corrected chi connectivity index (χ1v) is 12.0. The van der Waals surface area contributed by atoms with E-state index in [1.807, 2.05) is 24.3 Å². The molecule has 0 radical (unpaired) electrons. The molecule has 0 fully saturated rings. The lowest BCUT2D eigenvalue weighted by Gasteiger charge is -2.09. The molecule has 182 valence electrons. The van der Waals surface area contributed by atoms with Gasteiger partial charge < -0.3 is 20.4 Å². The lowest BCUT2D eigenvalue weighted by molar-refractivity contribution is 0.262. The van der Waals surface area contributed by atoms with Gasteiger partial charge in [-0.3, -0.25) is 4.79 Å². The summed E-state index contributed by atoms with van der Waals surface area (Å²) in [6.45, 7) is 0. The number of aromatic nitrogens is 2. The van der Waals surface area contributed by atoms with E-state index in [4.69, 9.17) is 10.00 Å². The quantitative estimate of drug-likeness (QED) is 0.232. The van der Waals surface area contributed by atoms with E-state index in [-0.39, 0.29) is 5.56 Å². The molecular weight excluding hydrogens is 488 g/mol.